The van der Waals surface area contributed by atoms with Gasteiger partial charge in [0.05, 0.1) is 19.9 Å². The van der Waals surface area contributed by atoms with E-state index in [1.807, 2.05) is 6.07 Å². The summed E-state index contributed by atoms with van der Waals surface area (Å²) in [5.41, 5.74) is 1.13. The molecule has 1 heterocycles. The fourth-order valence-electron chi connectivity index (χ4n) is 2.82. The summed E-state index contributed by atoms with van der Waals surface area (Å²) >= 11 is 0. The maximum Gasteiger partial charge on any atom is 0.265 e. The highest BCUT2D eigenvalue weighted by atomic mass is 16.5. The lowest BCUT2D eigenvalue weighted by Crippen LogP contribution is -2.49. The predicted molar refractivity (Wildman–Crippen MR) is 97.1 cm³/mol. The molecule has 7 nitrogen and oxygen atoms in total. The normalized spacial score (nSPS) is 14.1. The molecule has 26 heavy (non-hydrogen) atoms. The summed E-state index contributed by atoms with van der Waals surface area (Å²) in [5, 5.41) is 2.81. The molecule has 2 aromatic rings. The third kappa shape index (κ3) is 3.28. The van der Waals surface area contributed by atoms with E-state index in [9.17, 15) is 9.59 Å². The van der Waals surface area contributed by atoms with Crippen LogP contribution < -0.4 is 24.4 Å². The van der Waals surface area contributed by atoms with Gasteiger partial charge in [0.1, 0.15) is 11.8 Å². The molecule has 0 spiro atoms. The van der Waals surface area contributed by atoms with Gasteiger partial charge in [0, 0.05) is 11.8 Å². The van der Waals surface area contributed by atoms with Crippen molar-refractivity contribution in [3.8, 4) is 17.2 Å². The summed E-state index contributed by atoms with van der Waals surface area (Å²) in [6.45, 7) is 1.58. The van der Waals surface area contributed by atoms with E-state index in [0.29, 0.717) is 28.6 Å². The van der Waals surface area contributed by atoms with E-state index >= 15 is 0 Å². The minimum atomic E-state index is -0.708. The van der Waals surface area contributed by atoms with Crippen molar-refractivity contribution in [3.63, 3.8) is 0 Å². The first-order chi connectivity index (χ1) is 12.5. The van der Waals surface area contributed by atoms with Crippen molar-refractivity contribution < 1.29 is 23.8 Å². The van der Waals surface area contributed by atoms with Gasteiger partial charge in [0.25, 0.3) is 5.91 Å². The maximum absolute atomic E-state index is 12.7. The van der Waals surface area contributed by atoms with Crippen molar-refractivity contribution >= 4 is 23.2 Å². The molecular weight excluding hydrogens is 336 g/mol. The molecule has 136 valence electrons. The van der Waals surface area contributed by atoms with E-state index in [1.54, 1.807) is 50.4 Å². The zero-order valence-corrected chi connectivity index (χ0v) is 14.8. The summed E-state index contributed by atoms with van der Waals surface area (Å²) < 4.78 is 15.8. The third-order valence-corrected chi connectivity index (χ3v) is 4.16. The van der Waals surface area contributed by atoms with Crippen LogP contribution in [-0.2, 0) is 9.59 Å². The second kappa shape index (κ2) is 7.35. The summed E-state index contributed by atoms with van der Waals surface area (Å²) in [7, 11) is 3.06. The Kier molecular flexibility index (Phi) is 4.97. The third-order valence-electron chi connectivity index (χ3n) is 4.16. The van der Waals surface area contributed by atoms with Gasteiger partial charge in [0.2, 0.25) is 5.91 Å². The van der Waals surface area contributed by atoms with Crippen LogP contribution in [0.4, 0.5) is 11.4 Å². The van der Waals surface area contributed by atoms with Crippen LogP contribution in [0.1, 0.15) is 6.92 Å². The van der Waals surface area contributed by atoms with E-state index in [2.05, 4.69) is 5.32 Å². The Bertz CT molecular complexity index is 836. The Balaban J connectivity index is 1.81. The zero-order chi connectivity index (χ0) is 18.7. The number of fused-ring (bicyclic) bond motifs is 1. The number of carbonyl (C=O) groups is 2. The van der Waals surface area contributed by atoms with Crippen molar-refractivity contribution in [2.45, 2.75) is 13.0 Å². The predicted octanol–water partition coefficient (Wildman–Crippen LogP) is 2.46. The van der Waals surface area contributed by atoms with Crippen LogP contribution in [-0.4, -0.2) is 38.7 Å². The minimum Gasteiger partial charge on any atom is -0.493 e. The minimum absolute atomic E-state index is 0.0923. The Morgan fingerprint density at radius 3 is 2.62 bits per heavy atom. The van der Waals surface area contributed by atoms with Crippen molar-refractivity contribution in [1.82, 2.24) is 0 Å². The Hall–Kier alpha value is -3.22. The van der Waals surface area contributed by atoms with E-state index in [4.69, 9.17) is 14.2 Å². The summed E-state index contributed by atoms with van der Waals surface area (Å²) in [6, 6.07) is 11.5. The monoisotopic (exact) mass is 356 g/mol. The van der Waals surface area contributed by atoms with Gasteiger partial charge < -0.3 is 19.5 Å². The quantitative estimate of drug-likeness (QED) is 0.890. The van der Waals surface area contributed by atoms with Crippen LogP contribution in [0.3, 0.4) is 0 Å². The average molecular weight is 356 g/mol. The lowest BCUT2D eigenvalue weighted by Gasteiger charge is -2.33. The molecule has 1 aliphatic rings. The van der Waals surface area contributed by atoms with Gasteiger partial charge in [-0.3, -0.25) is 14.5 Å². The Morgan fingerprint density at radius 2 is 1.88 bits per heavy atom. The van der Waals surface area contributed by atoms with Gasteiger partial charge in [-0.2, -0.15) is 0 Å². The number of carbonyl (C=O) groups excluding carboxylic acids is 2. The van der Waals surface area contributed by atoms with Gasteiger partial charge in [-0.15, -0.1) is 0 Å². The van der Waals surface area contributed by atoms with E-state index < -0.39 is 6.04 Å². The number of anilines is 2. The first kappa shape index (κ1) is 17.6. The number of nitrogens with zero attached hydrogens (tertiary/aromatic N) is 1. The van der Waals surface area contributed by atoms with Crippen LogP contribution in [0.15, 0.2) is 42.5 Å². The second-order valence-electron chi connectivity index (χ2n) is 5.76. The van der Waals surface area contributed by atoms with Gasteiger partial charge in [-0.25, -0.2) is 0 Å². The largest absolute Gasteiger partial charge is 0.493 e. The fraction of sp³-hybridized carbons (Fsp3) is 0.263. The van der Waals surface area contributed by atoms with Crippen LogP contribution in [0, 0.1) is 0 Å². The molecule has 2 amide bonds. The molecule has 0 fully saturated rings. The number of ether oxygens (including phenoxy) is 3. The first-order valence-electron chi connectivity index (χ1n) is 8.12. The molecule has 0 aromatic heterocycles. The molecule has 0 saturated heterocycles. The number of nitrogens with one attached hydrogen (secondary N) is 1. The van der Waals surface area contributed by atoms with Crippen molar-refractivity contribution in [1.29, 1.82) is 0 Å². The lowest BCUT2D eigenvalue weighted by atomic mass is 10.1. The number of hydrogen-bond acceptors (Lipinski definition) is 5. The Labute approximate surface area is 151 Å². The van der Waals surface area contributed by atoms with Crippen molar-refractivity contribution in [2.24, 2.45) is 0 Å². The van der Waals surface area contributed by atoms with Gasteiger partial charge in [-0.1, -0.05) is 12.1 Å². The summed E-state index contributed by atoms with van der Waals surface area (Å²) in [6.07, 6.45) is 0. The molecule has 1 aliphatic heterocycles. The van der Waals surface area contributed by atoms with Crippen molar-refractivity contribution in [2.75, 3.05) is 31.0 Å². The van der Waals surface area contributed by atoms with Gasteiger partial charge >= 0.3 is 0 Å². The maximum atomic E-state index is 12.7. The molecule has 1 unspecified atom stereocenters. The fourth-order valence-corrected chi connectivity index (χ4v) is 2.82. The van der Waals surface area contributed by atoms with Crippen LogP contribution >= 0.6 is 0 Å². The summed E-state index contributed by atoms with van der Waals surface area (Å²) in [5.74, 6) is 1.07. The molecule has 3 rings (SSSR count). The lowest BCUT2D eigenvalue weighted by molar-refractivity contribution is -0.125. The molecule has 0 radical (unpaired) electrons. The number of para-hydroxylation sites is 2. The topological polar surface area (TPSA) is 77.1 Å². The smallest absolute Gasteiger partial charge is 0.265 e. The summed E-state index contributed by atoms with van der Waals surface area (Å²) in [4.78, 5) is 26.5. The van der Waals surface area contributed by atoms with Crippen LogP contribution in [0.2, 0.25) is 0 Å². The van der Waals surface area contributed by atoms with Crippen molar-refractivity contribution in [3.05, 3.63) is 42.5 Å². The van der Waals surface area contributed by atoms with Crippen LogP contribution in [0.5, 0.6) is 17.2 Å². The molecule has 0 aliphatic carbocycles. The molecule has 1 atom stereocenters. The highest BCUT2D eigenvalue weighted by molar-refractivity contribution is 6.06. The second-order valence-corrected chi connectivity index (χ2v) is 5.76. The SMILES string of the molecule is COc1ccc(NC(=O)C(C)N2C(=O)COc3ccccc32)cc1OC. The highest BCUT2D eigenvalue weighted by Gasteiger charge is 2.32. The number of rotatable bonds is 5. The molecular formula is C19H20N2O5. The van der Waals surface area contributed by atoms with E-state index in [0.717, 1.165) is 0 Å². The molecule has 2 aromatic carbocycles. The highest BCUT2D eigenvalue weighted by Crippen LogP contribution is 2.33. The van der Waals surface area contributed by atoms with Crippen LogP contribution in [0.25, 0.3) is 0 Å². The van der Waals surface area contributed by atoms with E-state index in [1.165, 1.54) is 12.0 Å². The number of benzene rings is 2. The van der Waals surface area contributed by atoms with E-state index in [-0.39, 0.29) is 18.4 Å². The number of amides is 2. The zero-order valence-electron chi connectivity index (χ0n) is 14.8. The standard InChI is InChI=1S/C19H20N2O5/c1-12(21-14-6-4-5-7-15(14)26-11-18(21)22)19(23)20-13-8-9-16(24-2)17(10-13)25-3/h4-10,12H,11H2,1-3H3,(H,20,23). The van der Waals surface area contributed by atoms with Gasteiger partial charge in [0.15, 0.2) is 18.1 Å². The molecule has 0 bridgehead atoms. The van der Waals surface area contributed by atoms with Gasteiger partial charge in [-0.05, 0) is 31.2 Å². The molecule has 0 saturated carbocycles. The first-order valence-corrected chi connectivity index (χ1v) is 8.12. The molecule has 1 N–H and O–H groups in total. The molecule has 7 heteroatoms. The number of methoxy groups -OCH3 is 2. The Morgan fingerprint density at radius 1 is 1.15 bits per heavy atom. The average Bonchev–Trinajstić information content (AvgIpc) is 2.67. The number of hydrogen-bond donors (Lipinski definition) is 1.